The molecule has 0 N–H and O–H groups in total. The Hall–Kier alpha value is -4.62. The summed E-state index contributed by atoms with van der Waals surface area (Å²) in [5, 5.41) is 5.19. The number of aryl methyl sites for hydroxylation is 1. The largest absolute Gasteiger partial charge is 0.343 e. The zero-order valence-electron chi connectivity index (χ0n) is 20.6. The number of benzene rings is 6. The maximum Gasteiger partial charge on any atom is 0.0714 e. The first-order valence-electron chi connectivity index (χ1n) is 12.9. The average molecular weight is 472 g/mol. The molecule has 0 amide bonds. The Morgan fingerprint density at radius 1 is 0.514 bits per heavy atom. The van der Waals surface area contributed by atoms with E-state index < -0.39 is 0 Å². The molecule has 37 heavy (non-hydrogen) atoms. The van der Waals surface area contributed by atoms with Gasteiger partial charge in [0, 0.05) is 28.9 Å². The van der Waals surface area contributed by atoms with E-state index in [1.54, 1.807) is 0 Å². The van der Waals surface area contributed by atoms with Crippen molar-refractivity contribution in [3.63, 3.8) is 0 Å². The van der Waals surface area contributed by atoms with Crippen molar-refractivity contribution in [1.29, 1.82) is 0 Å². The highest BCUT2D eigenvalue weighted by molar-refractivity contribution is 6.17. The van der Waals surface area contributed by atoms with Crippen molar-refractivity contribution in [2.24, 2.45) is 7.05 Å². The predicted molar refractivity (Wildman–Crippen MR) is 155 cm³/mol. The van der Waals surface area contributed by atoms with Crippen LogP contribution in [0.1, 0.15) is 22.3 Å². The highest BCUT2D eigenvalue weighted by Crippen LogP contribution is 2.58. The number of fused-ring (bicyclic) bond motifs is 8. The van der Waals surface area contributed by atoms with E-state index in [9.17, 15) is 0 Å². The van der Waals surface area contributed by atoms with Crippen molar-refractivity contribution >= 4 is 32.6 Å². The fourth-order valence-electron chi connectivity index (χ4n) is 6.92. The first kappa shape index (κ1) is 20.6. The Morgan fingerprint density at radius 2 is 1.11 bits per heavy atom. The van der Waals surface area contributed by atoms with E-state index >= 15 is 0 Å². The fourth-order valence-corrected chi connectivity index (χ4v) is 6.92. The van der Waals surface area contributed by atoms with Crippen LogP contribution >= 0.6 is 0 Å². The molecule has 0 fully saturated rings. The van der Waals surface area contributed by atoms with Crippen LogP contribution in [-0.2, 0) is 12.5 Å². The van der Waals surface area contributed by atoms with Crippen molar-refractivity contribution in [2.45, 2.75) is 5.41 Å². The van der Waals surface area contributed by atoms with Crippen LogP contribution < -0.4 is 0 Å². The minimum absolute atomic E-state index is 0.371. The molecule has 0 radical (unpaired) electrons. The van der Waals surface area contributed by atoms with E-state index in [0.717, 1.165) is 0 Å². The van der Waals surface area contributed by atoms with Gasteiger partial charge in [-0.2, -0.15) is 0 Å². The molecule has 6 aromatic carbocycles. The second kappa shape index (κ2) is 7.44. The van der Waals surface area contributed by atoms with Gasteiger partial charge < -0.3 is 4.57 Å². The topological polar surface area (TPSA) is 4.93 Å². The van der Waals surface area contributed by atoms with E-state index in [0.29, 0.717) is 0 Å². The zero-order valence-corrected chi connectivity index (χ0v) is 20.6. The molecule has 1 heterocycles. The monoisotopic (exact) mass is 471 g/mol. The van der Waals surface area contributed by atoms with Crippen LogP contribution in [-0.4, -0.2) is 4.57 Å². The molecule has 174 valence electrons. The third kappa shape index (κ3) is 2.58. The van der Waals surface area contributed by atoms with E-state index in [4.69, 9.17) is 0 Å². The van der Waals surface area contributed by atoms with Crippen LogP contribution in [0, 0.1) is 0 Å². The maximum absolute atomic E-state index is 2.42. The van der Waals surface area contributed by atoms with Gasteiger partial charge in [-0.15, -0.1) is 0 Å². The van der Waals surface area contributed by atoms with Crippen LogP contribution in [0.15, 0.2) is 133 Å². The van der Waals surface area contributed by atoms with Crippen LogP contribution in [0.2, 0.25) is 0 Å². The van der Waals surface area contributed by atoms with Gasteiger partial charge in [0.15, 0.2) is 0 Å². The third-order valence-electron chi connectivity index (χ3n) is 8.45. The van der Waals surface area contributed by atoms with Crippen LogP contribution in [0.3, 0.4) is 0 Å². The first-order valence-corrected chi connectivity index (χ1v) is 12.9. The summed E-state index contributed by atoms with van der Waals surface area (Å²) in [7, 11) is 2.23. The standard InChI is InChI=1S/C36H25N/c1-37-33-23-25-13-9-8-12-24(25)22-30(33)28-20-21-32-34(35(28)37)29-18-10-11-19-31(29)36(32,26-14-4-2-5-15-26)27-16-6-3-7-17-27/h2-23H,1H3. The Morgan fingerprint density at radius 3 is 1.81 bits per heavy atom. The fraction of sp³-hybridized carbons (Fsp3) is 0.0556. The molecule has 0 atom stereocenters. The average Bonchev–Trinajstić information content (AvgIpc) is 3.42. The van der Waals surface area contributed by atoms with Gasteiger partial charge in [-0.1, -0.05) is 121 Å². The summed E-state index contributed by atoms with van der Waals surface area (Å²) in [6.45, 7) is 0. The summed E-state index contributed by atoms with van der Waals surface area (Å²) >= 11 is 0. The van der Waals surface area contributed by atoms with Gasteiger partial charge in [-0.05, 0) is 50.7 Å². The summed E-state index contributed by atoms with van der Waals surface area (Å²) in [6, 6.07) is 49.2. The second-order valence-electron chi connectivity index (χ2n) is 10.2. The zero-order chi connectivity index (χ0) is 24.6. The van der Waals surface area contributed by atoms with Crippen molar-refractivity contribution in [3.05, 3.63) is 156 Å². The van der Waals surface area contributed by atoms with Crippen LogP contribution in [0.25, 0.3) is 43.7 Å². The Bertz CT molecular complexity index is 1940. The van der Waals surface area contributed by atoms with E-state index in [1.165, 1.54) is 66.0 Å². The molecule has 1 nitrogen and oxygen atoms in total. The Balaban J connectivity index is 1.59. The van der Waals surface area contributed by atoms with Gasteiger partial charge in [-0.25, -0.2) is 0 Å². The molecule has 1 aliphatic rings. The number of aromatic nitrogens is 1. The quantitative estimate of drug-likeness (QED) is 0.237. The molecule has 0 spiro atoms. The number of hydrogen-bond acceptors (Lipinski definition) is 0. The van der Waals surface area contributed by atoms with Crippen LogP contribution in [0.5, 0.6) is 0 Å². The lowest BCUT2D eigenvalue weighted by atomic mass is 9.67. The third-order valence-corrected chi connectivity index (χ3v) is 8.45. The molecule has 0 saturated carbocycles. The molecule has 1 aromatic heterocycles. The van der Waals surface area contributed by atoms with E-state index in [2.05, 4.69) is 145 Å². The number of hydrogen-bond donors (Lipinski definition) is 0. The van der Waals surface area contributed by atoms with Gasteiger partial charge in [0.1, 0.15) is 0 Å². The van der Waals surface area contributed by atoms with Crippen molar-refractivity contribution < 1.29 is 0 Å². The predicted octanol–water partition coefficient (Wildman–Crippen LogP) is 8.85. The molecule has 7 aromatic rings. The SMILES string of the molecule is Cn1c2cc3ccccc3cc2c2ccc3c(c21)-c1ccccc1C3(c1ccccc1)c1ccccc1. The summed E-state index contributed by atoms with van der Waals surface area (Å²) < 4.78 is 2.42. The van der Waals surface area contributed by atoms with Gasteiger partial charge in [-0.3, -0.25) is 0 Å². The van der Waals surface area contributed by atoms with Gasteiger partial charge in [0.05, 0.1) is 10.9 Å². The minimum Gasteiger partial charge on any atom is -0.343 e. The lowest BCUT2D eigenvalue weighted by Gasteiger charge is -2.33. The van der Waals surface area contributed by atoms with E-state index in [-0.39, 0.29) is 5.41 Å². The molecule has 0 bridgehead atoms. The highest BCUT2D eigenvalue weighted by Gasteiger charge is 2.46. The van der Waals surface area contributed by atoms with Gasteiger partial charge in [0.2, 0.25) is 0 Å². The molecule has 0 aliphatic heterocycles. The van der Waals surface area contributed by atoms with Crippen LogP contribution in [0.4, 0.5) is 0 Å². The summed E-state index contributed by atoms with van der Waals surface area (Å²) in [6.07, 6.45) is 0. The van der Waals surface area contributed by atoms with Gasteiger partial charge in [0.25, 0.3) is 0 Å². The molecule has 8 rings (SSSR count). The maximum atomic E-state index is 2.42. The number of nitrogens with zero attached hydrogens (tertiary/aromatic N) is 1. The van der Waals surface area contributed by atoms with Crippen molar-refractivity contribution in [2.75, 3.05) is 0 Å². The minimum atomic E-state index is -0.371. The Labute approximate surface area is 216 Å². The lowest BCUT2D eigenvalue weighted by Crippen LogP contribution is -2.28. The van der Waals surface area contributed by atoms with Gasteiger partial charge >= 0.3 is 0 Å². The smallest absolute Gasteiger partial charge is 0.0714 e. The molecule has 1 aliphatic carbocycles. The summed E-state index contributed by atoms with van der Waals surface area (Å²) in [5.41, 5.74) is 10.2. The lowest BCUT2D eigenvalue weighted by molar-refractivity contribution is 0.769. The number of rotatable bonds is 2. The summed E-state index contributed by atoms with van der Waals surface area (Å²) in [5.74, 6) is 0. The highest BCUT2D eigenvalue weighted by atomic mass is 14.9. The van der Waals surface area contributed by atoms with Crippen molar-refractivity contribution in [3.8, 4) is 11.1 Å². The molecule has 0 saturated heterocycles. The second-order valence-corrected chi connectivity index (χ2v) is 10.2. The molecule has 1 heteroatoms. The Kier molecular flexibility index (Phi) is 4.14. The summed E-state index contributed by atoms with van der Waals surface area (Å²) in [4.78, 5) is 0. The molecular formula is C36H25N. The van der Waals surface area contributed by atoms with E-state index in [1.807, 2.05) is 0 Å². The van der Waals surface area contributed by atoms with Crippen molar-refractivity contribution in [1.82, 2.24) is 4.57 Å². The molecule has 0 unspecified atom stereocenters. The first-order chi connectivity index (χ1) is 18.3. The molecular weight excluding hydrogens is 446 g/mol. The normalized spacial score (nSPS) is 13.8.